The molecule has 0 aliphatic rings. The highest BCUT2D eigenvalue weighted by Gasteiger charge is 2.43. The highest BCUT2D eigenvalue weighted by atomic mass is 28.3. The maximum absolute atomic E-state index is 5.83. The van der Waals surface area contributed by atoms with Crippen molar-refractivity contribution in [3.8, 4) is 17.1 Å². The molecule has 6 heteroatoms. The Labute approximate surface area is 510 Å². The second-order valence-electron chi connectivity index (χ2n) is 22.9. The van der Waals surface area contributed by atoms with Crippen molar-refractivity contribution in [3.63, 3.8) is 0 Å². The smallest absolute Gasteiger partial charge is 0.179 e. The minimum absolute atomic E-state index is 0.804. The zero-order chi connectivity index (χ0) is 58.5. The molecule has 87 heavy (non-hydrogen) atoms. The van der Waals surface area contributed by atoms with E-state index in [9.17, 15) is 0 Å². The van der Waals surface area contributed by atoms with E-state index in [1.165, 1.54) is 74.2 Å². The number of aryl methyl sites for hydroxylation is 2. The van der Waals surface area contributed by atoms with Gasteiger partial charge in [-0.05, 0) is 152 Å². The zero-order valence-corrected chi connectivity index (χ0v) is 50.9. The lowest BCUT2D eigenvalue weighted by atomic mass is 10.1. The first-order chi connectivity index (χ1) is 42.9. The van der Waals surface area contributed by atoms with Crippen molar-refractivity contribution in [2.45, 2.75) is 13.8 Å². The first-order valence-electron chi connectivity index (χ1n) is 30.0. The van der Waals surface area contributed by atoms with Gasteiger partial charge in [0.1, 0.15) is 5.75 Å². The van der Waals surface area contributed by atoms with Crippen molar-refractivity contribution >= 4 is 118 Å². The van der Waals surface area contributed by atoms with Crippen molar-refractivity contribution in [3.05, 3.63) is 339 Å². The predicted molar refractivity (Wildman–Crippen MR) is 373 cm³/mol. The fourth-order valence-corrected chi connectivity index (χ4v) is 23.6. The van der Waals surface area contributed by atoms with Crippen LogP contribution in [0.15, 0.2) is 328 Å². The van der Waals surface area contributed by atoms with Crippen LogP contribution in [0.25, 0.3) is 55.0 Å². The topological polar surface area (TPSA) is 22.3 Å². The lowest BCUT2D eigenvalue weighted by Crippen LogP contribution is -2.74. The Kier molecular flexibility index (Phi) is 13.6. The van der Waals surface area contributed by atoms with Gasteiger partial charge in [-0.1, -0.05) is 242 Å². The number of ether oxygens (including phenoxy) is 1. The van der Waals surface area contributed by atoms with Crippen molar-refractivity contribution < 1.29 is 4.74 Å². The molecule has 0 amide bonds. The third kappa shape index (κ3) is 8.95. The summed E-state index contributed by atoms with van der Waals surface area (Å²) in [6.07, 6.45) is 0. The molecule has 0 spiro atoms. The monoisotopic (exact) mass is 1150 g/mol. The summed E-state index contributed by atoms with van der Waals surface area (Å²) < 4.78 is 10.7. The summed E-state index contributed by atoms with van der Waals surface area (Å²) in [5.74, 6) is 0.804. The largest absolute Gasteiger partial charge is 0.497 e. The number of anilines is 3. The van der Waals surface area contributed by atoms with Crippen LogP contribution in [-0.4, -0.2) is 32.4 Å². The molecule has 0 bridgehead atoms. The molecule has 15 rings (SSSR count). The molecule has 0 saturated carbocycles. The molecule has 416 valence electrons. The van der Waals surface area contributed by atoms with Crippen molar-refractivity contribution in [1.82, 2.24) is 9.13 Å². The molecular weight excluding hydrogens is 1090 g/mol. The first-order valence-corrected chi connectivity index (χ1v) is 34.0. The maximum Gasteiger partial charge on any atom is 0.179 e. The van der Waals surface area contributed by atoms with Crippen molar-refractivity contribution in [2.24, 2.45) is 0 Å². The zero-order valence-electron chi connectivity index (χ0n) is 48.9. The van der Waals surface area contributed by atoms with Gasteiger partial charge in [-0.25, -0.2) is 0 Å². The Hall–Kier alpha value is -10.5. The number of benzene rings is 13. The molecule has 0 aliphatic heterocycles. The van der Waals surface area contributed by atoms with Crippen LogP contribution in [0.1, 0.15) is 11.1 Å². The fraction of sp³-hybridized carbons (Fsp3) is 0.0370. The van der Waals surface area contributed by atoms with Gasteiger partial charge in [0.2, 0.25) is 0 Å². The van der Waals surface area contributed by atoms with E-state index in [-0.39, 0.29) is 0 Å². The molecule has 0 atom stereocenters. The summed E-state index contributed by atoms with van der Waals surface area (Å²) in [6, 6.07) is 123. The third-order valence-corrected chi connectivity index (χ3v) is 27.6. The lowest BCUT2D eigenvalue weighted by Gasteiger charge is -2.34. The van der Waals surface area contributed by atoms with E-state index < -0.39 is 16.1 Å². The van der Waals surface area contributed by atoms with E-state index in [2.05, 4.69) is 355 Å². The molecule has 15 aromatic rings. The number of fused-ring (bicyclic) bond motifs is 6. The summed E-state index contributed by atoms with van der Waals surface area (Å²) >= 11 is 0. The minimum Gasteiger partial charge on any atom is -0.497 e. The molecule has 0 fully saturated rings. The minimum atomic E-state index is -2.91. The second kappa shape index (κ2) is 22.2. The molecule has 13 aromatic carbocycles. The average molecular weight is 1150 g/mol. The summed E-state index contributed by atoms with van der Waals surface area (Å²) in [5, 5.41) is 15.5. The van der Waals surface area contributed by atoms with Crippen LogP contribution in [0.5, 0.6) is 5.75 Å². The normalized spacial score (nSPS) is 11.9. The van der Waals surface area contributed by atoms with E-state index in [0.717, 1.165) is 56.3 Å². The number of hydrogen-bond donors (Lipinski definition) is 0. The second-order valence-corrected chi connectivity index (χ2v) is 30.6. The number of aromatic nitrogens is 2. The van der Waals surface area contributed by atoms with Crippen molar-refractivity contribution in [1.29, 1.82) is 0 Å². The highest BCUT2D eigenvalue weighted by Crippen LogP contribution is 2.43. The highest BCUT2D eigenvalue weighted by molar-refractivity contribution is 7.20. The molecule has 0 radical (unpaired) electrons. The van der Waals surface area contributed by atoms with Gasteiger partial charge in [-0.15, -0.1) is 0 Å². The number of hydrogen-bond acceptors (Lipinski definition) is 2. The lowest BCUT2D eigenvalue weighted by molar-refractivity contribution is 0.415. The van der Waals surface area contributed by atoms with Crippen LogP contribution in [0.2, 0.25) is 0 Å². The average Bonchev–Trinajstić information content (AvgIpc) is 1.78. The summed E-state index contributed by atoms with van der Waals surface area (Å²) in [7, 11) is -4.09. The summed E-state index contributed by atoms with van der Waals surface area (Å²) in [6.45, 7) is 4.32. The van der Waals surface area contributed by atoms with Crippen LogP contribution in [0, 0.1) is 13.8 Å². The van der Waals surface area contributed by atoms with E-state index in [4.69, 9.17) is 4.74 Å². The summed E-state index contributed by atoms with van der Waals surface area (Å²) in [5.41, 5.74) is 12.4. The van der Waals surface area contributed by atoms with Gasteiger partial charge in [0, 0.05) is 50.0 Å². The molecule has 0 aliphatic carbocycles. The van der Waals surface area contributed by atoms with Gasteiger partial charge in [0.15, 0.2) is 16.1 Å². The van der Waals surface area contributed by atoms with Gasteiger partial charge in [-0.3, -0.25) is 0 Å². The Balaban J connectivity index is 1.00. The molecule has 2 aromatic heterocycles. The fourth-order valence-electron chi connectivity index (χ4n) is 14.0. The van der Waals surface area contributed by atoms with Gasteiger partial charge in [-0.2, -0.15) is 0 Å². The van der Waals surface area contributed by atoms with E-state index in [0.29, 0.717) is 0 Å². The van der Waals surface area contributed by atoms with E-state index in [1.807, 2.05) is 0 Å². The van der Waals surface area contributed by atoms with Gasteiger partial charge in [0.05, 0.1) is 29.2 Å². The third-order valence-electron chi connectivity index (χ3n) is 18.0. The number of rotatable bonds is 14. The van der Waals surface area contributed by atoms with E-state index in [1.54, 1.807) is 7.11 Å². The van der Waals surface area contributed by atoms with Crippen LogP contribution in [-0.2, 0) is 0 Å². The molecule has 2 heterocycles. The molecule has 0 N–H and O–H groups in total. The van der Waals surface area contributed by atoms with Crippen LogP contribution in [0.4, 0.5) is 17.1 Å². The van der Waals surface area contributed by atoms with Gasteiger partial charge in [0.25, 0.3) is 0 Å². The SMILES string of the molecule is COc1ccc(N(c2ccc3c(c2)c2cc([Si](c4ccccc4)(c4ccccc4)c4ccccc4)ccc2n3-c2ccc(C)cc2)c2ccc3c(c2)c2cc([Si](c4ccccc4)(c4ccccc4)c4ccccc4)ccc2n3-c2ccc(C)cc2)cc1. The number of methoxy groups -OCH3 is 1. The number of nitrogens with zero attached hydrogens (tertiary/aromatic N) is 3. The van der Waals surface area contributed by atoms with Crippen LogP contribution >= 0.6 is 0 Å². The molecule has 4 nitrogen and oxygen atoms in total. The quantitative estimate of drug-likeness (QED) is 0.0800. The van der Waals surface area contributed by atoms with E-state index >= 15 is 0 Å². The Morgan fingerprint density at radius 2 is 0.540 bits per heavy atom. The van der Waals surface area contributed by atoms with Crippen LogP contribution in [0.3, 0.4) is 0 Å². The molecule has 0 saturated heterocycles. The molecular formula is C81H63N3OSi2. The Bertz CT molecular complexity index is 4450. The Morgan fingerprint density at radius 1 is 0.264 bits per heavy atom. The standard InChI is InChI=1S/C81H63N3OSi2/c1-58-34-38-61(39-35-58)83-78-50-44-63(54-74(78)76-56-72(48-52-80(76)83)86(66-22-10-4-11-23-66,67-24-12-5-13-25-67)68-26-14-6-15-27-68)82(60-42-46-65(85-3)47-43-60)64-45-51-79-75(55-64)77-57-73(49-53-81(77)84(79)62-40-36-59(2)37-41-62)87(69-28-16-7-17-29-69,70-30-18-8-19-31-70)71-32-20-9-21-33-71/h4-57H,1-3H3. The van der Waals surface area contributed by atoms with Crippen molar-refractivity contribution in [2.75, 3.05) is 12.0 Å². The summed E-state index contributed by atoms with van der Waals surface area (Å²) in [4.78, 5) is 2.43. The first kappa shape index (κ1) is 53.2. The molecule has 0 unspecified atom stereocenters. The maximum atomic E-state index is 5.83. The van der Waals surface area contributed by atoms with Crippen LogP contribution < -0.4 is 51.1 Å². The Morgan fingerprint density at radius 3 is 0.839 bits per heavy atom. The predicted octanol–water partition coefficient (Wildman–Crippen LogP) is 14.7. The van der Waals surface area contributed by atoms with Gasteiger partial charge >= 0.3 is 0 Å². The van der Waals surface area contributed by atoms with Gasteiger partial charge < -0.3 is 18.8 Å².